The molecule has 1 amide bonds. The molecule has 0 aliphatic heterocycles. The average Bonchev–Trinajstić information content (AvgIpc) is 3.73. The first-order valence-corrected chi connectivity index (χ1v) is 14.3. The third-order valence-electron chi connectivity index (χ3n) is 7.25. The lowest BCUT2D eigenvalue weighted by Gasteiger charge is -2.14. The van der Waals surface area contributed by atoms with Crippen molar-refractivity contribution in [1.29, 1.82) is 0 Å². The molecule has 2 heterocycles. The van der Waals surface area contributed by atoms with E-state index < -0.39 is 21.2 Å². The Bertz CT molecular complexity index is 1880. The molecule has 0 atom stereocenters. The number of H-pyrrole nitrogens is 1. The Labute approximate surface area is 220 Å². The minimum Gasteiger partial charge on any atom is -0.331 e. The van der Waals surface area contributed by atoms with E-state index in [1.54, 1.807) is 12.1 Å². The van der Waals surface area contributed by atoms with E-state index in [4.69, 9.17) is 0 Å². The topological polar surface area (TPSA) is 101 Å². The molecule has 1 aliphatic rings. The number of fused-ring (bicyclic) bond motifs is 2. The second-order valence-corrected chi connectivity index (χ2v) is 11.7. The van der Waals surface area contributed by atoms with Crippen LogP contribution in [0.25, 0.3) is 32.8 Å². The van der Waals surface area contributed by atoms with Gasteiger partial charge in [-0.05, 0) is 65.4 Å². The second kappa shape index (κ2) is 9.29. The van der Waals surface area contributed by atoms with Crippen LogP contribution in [-0.2, 0) is 23.0 Å². The molecule has 6 rings (SSSR count). The lowest BCUT2D eigenvalue weighted by molar-refractivity contribution is 0.0974. The van der Waals surface area contributed by atoms with Crippen LogP contribution >= 0.6 is 0 Å². The normalized spacial score (nSPS) is 13.7. The van der Waals surface area contributed by atoms with E-state index in [-0.39, 0.29) is 11.3 Å². The fraction of sp³-hybridized carbons (Fsp3) is 0.200. The molecule has 192 valence electrons. The molecule has 2 aromatic heterocycles. The molecule has 5 aromatic rings. The number of amides is 1. The van der Waals surface area contributed by atoms with Gasteiger partial charge in [0, 0.05) is 34.8 Å². The smallest absolute Gasteiger partial charge is 0.282 e. The van der Waals surface area contributed by atoms with Gasteiger partial charge in [-0.1, -0.05) is 55.5 Å². The van der Waals surface area contributed by atoms with Crippen molar-refractivity contribution in [3.05, 3.63) is 106 Å². The predicted octanol–water partition coefficient (Wildman–Crippen LogP) is 4.98. The highest BCUT2D eigenvalue weighted by Gasteiger charge is 2.38. The van der Waals surface area contributed by atoms with E-state index in [2.05, 4.69) is 9.71 Å². The number of rotatable bonds is 7. The summed E-state index contributed by atoms with van der Waals surface area (Å²) in [7, 11) is -3.82. The van der Waals surface area contributed by atoms with Crippen molar-refractivity contribution in [2.24, 2.45) is 0 Å². The lowest BCUT2D eigenvalue weighted by atomic mass is 10.0. The maximum absolute atomic E-state index is 13.9. The Morgan fingerprint density at radius 1 is 1.00 bits per heavy atom. The van der Waals surface area contributed by atoms with Gasteiger partial charge in [-0.2, -0.15) is 0 Å². The Morgan fingerprint density at radius 2 is 1.79 bits per heavy atom. The number of nitrogens with zero attached hydrogens (tertiary/aromatic N) is 1. The summed E-state index contributed by atoms with van der Waals surface area (Å²) in [6.07, 6.45) is 3.38. The van der Waals surface area contributed by atoms with Gasteiger partial charge in [0.2, 0.25) is 10.0 Å². The number of sulfonamides is 1. The monoisotopic (exact) mass is 525 g/mol. The van der Waals surface area contributed by atoms with Gasteiger partial charge in [0.15, 0.2) is 0 Å². The largest absolute Gasteiger partial charge is 0.331 e. The minimum atomic E-state index is -3.82. The van der Waals surface area contributed by atoms with Crippen LogP contribution in [-0.4, -0.2) is 29.1 Å². The molecule has 1 fully saturated rings. The van der Waals surface area contributed by atoms with Crippen molar-refractivity contribution in [2.45, 2.75) is 38.0 Å². The van der Waals surface area contributed by atoms with E-state index in [9.17, 15) is 18.0 Å². The number of hydrogen-bond acceptors (Lipinski definition) is 4. The quantitative estimate of drug-likeness (QED) is 0.313. The third-order valence-corrected chi connectivity index (χ3v) is 9.06. The zero-order chi connectivity index (χ0) is 26.4. The fourth-order valence-corrected chi connectivity index (χ4v) is 6.43. The number of benzene rings is 3. The summed E-state index contributed by atoms with van der Waals surface area (Å²) in [5, 5.41) is 2.28. The molecule has 7 nitrogen and oxygen atoms in total. The Balaban J connectivity index is 1.65. The van der Waals surface area contributed by atoms with Gasteiger partial charge in [-0.3, -0.25) is 9.59 Å². The SMILES string of the molecule is CCc1ccc2c(c1)c(-c1ccc[nH]c1=O)c(C(=O)NS(=O)(=O)C1CC1)n2Cc1cccc2ccccc12. The maximum Gasteiger partial charge on any atom is 0.282 e. The van der Waals surface area contributed by atoms with Crippen LogP contribution < -0.4 is 10.3 Å². The number of carbonyl (C=O) groups is 1. The summed E-state index contributed by atoms with van der Waals surface area (Å²) >= 11 is 0. The third kappa shape index (κ3) is 4.20. The number of aromatic nitrogens is 2. The first-order valence-electron chi connectivity index (χ1n) is 12.7. The number of pyridine rings is 1. The van der Waals surface area contributed by atoms with Crippen LogP contribution in [0.1, 0.15) is 41.4 Å². The first kappa shape index (κ1) is 24.2. The van der Waals surface area contributed by atoms with Crippen molar-refractivity contribution < 1.29 is 13.2 Å². The highest BCUT2D eigenvalue weighted by atomic mass is 32.2. The van der Waals surface area contributed by atoms with Gasteiger partial charge in [0.1, 0.15) is 5.69 Å². The number of carbonyl (C=O) groups excluding carboxylic acids is 1. The number of aromatic amines is 1. The number of aryl methyl sites for hydroxylation is 1. The van der Waals surface area contributed by atoms with Gasteiger partial charge in [0.25, 0.3) is 11.5 Å². The highest BCUT2D eigenvalue weighted by Crippen LogP contribution is 2.36. The van der Waals surface area contributed by atoms with E-state index in [1.807, 2.05) is 72.2 Å². The maximum atomic E-state index is 13.9. The van der Waals surface area contributed by atoms with Crippen LogP contribution in [0.3, 0.4) is 0 Å². The van der Waals surface area contributed by atoms with Crippen LogP contribution in [0, 0.1) is 0 Å². The standard InChI is InChI=1S/C30H27N3O4S/c1-2-19-12-15-26-25(17-19)27(24-11-6-16-31-29(24)34)28(30(35)32-38(36,37)22-13-14-22)33(26)18-21-9-5-8-20-7-3-4-10-23(20)21/h3-12,15-17,22H,2,13-14,18H2,1H3,(H,31,34)(H,32,35). The molecular formula is C30H27N3O4S. The van der Waals surface area contributed by atoms with Crippen molar-refractivity contribution in [3.8, 4) is 11.1 Å². The van der Waals surface area contributed by atoms with E-state index in [0.29, 0.717) is 30.5 Å². The molecule has 1 aliphatic carbocycles. The zero-order valence-corrected chi connectivity index (χ0v) is 21.7. The van der Waals surface area contributed by atoms with Gasteiger partial charge < -0.3 is 9.55 Å². The molecule has 0 spiro atoms. The van der Waals surface area contributed by atoms with Gasteiger partial charge in [-0.25, -0.2) is 13.1 Å². The summed E-state index contributed by atoms with van der Waals surface area (Å²) in [6.45, 7) is 2.36. The van der Waals surface area contributed by atoms with Crippen LogP contribution in [0.15, 0.2) is 83.8 Å². The average molecular weight is 526 g/mol. The molecular weight excluding hydrogens is 498 g/mol. The van der Waals surface area contributed by atoms with Gasteiger partial charge in [-0.15, -0.1) is 0 Å². The van der Waals surface area contributed by atoms with Crippen LogP contribution in [0.2, 0.25) is 0 Å². The lowest BCUT2D eigenvalue weighted by Crippen LogP contribution is -2.35. The molecule has 3 aromatic carbocycles. The Hall–Kier alpha value is -4.17. The predicted molar refractivity (Wildman–Crippen MR) is 150 cm³/mol. The summed E-state index contributed by atoms with van der Waals surface area (Å²) in [6, 6.07) is 23.3. The molecule has 0 saturated heterocycles. The van der Waals surface area contributed by atoms with E-state index in [1.165, 1.54) is 6.20 Å². The summed E-state index contributed by atoms with van der Waals surface area (Å²) in [5.41, 5.74) is 3.33. The van der Waals surface area contributed by atoms with Crippen LogP contribution in [0.4, 0.5) is 0 Å². The molecule has 1 saturated carbocycles. The van der Waals surface area contributed by atoms with Crippen molar-refractivity contribution >= 4 is 37.6 Å². The van der Waals surface area contributed by atoms with Crippen molar-refractivity contribution in [1.82, 2.24) is 14.3 Å². The van der Waals surface area contributed by atoms with Crippen molar-refractivity contribution in [3.63, 3.8) is 0 Å². The molecule has 0 radical (unpaired) electrons. The molecule has 2 N–H and O–H groups in total. The zero-order valence-electron chi connectivity index (χ0n) is 20.9. The first-order chi connectivity index (χ1) is 18.4. The summed E-state index contributed by atoms with van der Waals surface area (Å²) in [5.74, 6) is -0.732. The fourth-order valence-electron chi connectivity index (χ4n) is 5.15. The van der Waals surface area contributed by atoms with E-state index in [0.717, 1.165) is 39.2 Å². The summed E-state index contributed by atoms with van der Waals surface area (Å²) < 4.78 is 29.8. The van der Waals surface area contributed by atoms with Gasteiger partial charge in [0.05, 0.1) is 5.25 Å². The minimum absolute atomic E-state index is 0.155. The highest BCUT2D eigenvalue weighted by molar-refractivity contribution is 7.91. The number of nitrogens with one attached hydrogen (secondary N) is 2. The molecule has 0 bridgehead atoms. The van der Waals surface area contributed by atoms with Gasteiger partial charge >= 0.3 is 0 Å². The summed E-state index contributed by atoms with van der Waals surface area (Å²) in [4.78, 5) is 29.6. The molecule has 0 unspecified atom stereocenters. The van der Waals surface area contributed by atoms with Crippen LogP contribution in [0.5, 0.6) is 0 Å². The van der Waals surface area contributed by atoms with Crippen molar-refractivity contribution in [2.75, 3.05) is 0 Å². The molecule has 8 heteroatoms. The molecule has 38 heavy (non-hydrogen) atoms. The van der Waals surface area contributed by atoms with E-state index >= 15 is 0 Å². The second-order valence-electron chi connectivity index (χ2n) is 9.74. The number of hydrogen-bond donors (Lipinski definition) is 2. The Kier molecular flexibility index (Phi) is 5.91. The Morgan fingerprint density at radius 3 is 2.55 bits per heavy atom.